The molecule has 7 heteroatoms. The number of alkyl halides is 3. The number of aromatic hydroxyl groups is 1. The third kappa shape index (κ3) is 6.09. The van der Waals surface area contributed by atoms with Gasteiger partial charge < -0.3 is 10.4 Å². The van der Waals surface area contributed by atoms with Crippen LogP contribution < -0.4 is 5.32 Å². The normalized spacial score (nSPS) is 13.0. The molecular weight excluding hydrogens is 401 g/mol. The van der Waals surface area contributed by atoms with Gasteiger partial charge in [0.1, 0.15) is 5.75 Å². The average Bonchev–Trinajstić information content (AvgIpc) is 2.51. The van der Waals surface area contributed by atoms with E-state index in [4.69, 9.17) is 11.6 Å². The minimum absolute atomic E-state index is 0.0126. The van der Waals surface area contributed by atoms with Crippen molar-refractivity contribution in [1.29, 1.82) is 0 Å². The SMILES string of the molecule is CC(C)(C)NCCc1cc(O)c(-c2cnc(C(F)(F)F)c(Cl)c2)cc1C(C)(C)C. The fraction of sp³-hybridized carbons (Fsp3) is 0.500. The van der Waals surface area contributed by atoms with E-state index in [1.54, 1.807) is 6.07 Å². The quantitative estimate of drug-likeness (QED) is 0.596. The molecule has 0 radical (unpaired) electrons. The minimum atomic E-state index is -4.63. The molecule has 0 aliphatic carbocycles. The van der Waals surface area contributed by atoms with E-state index in [0.29, 0.717) is 17.5 Å². The van der Waals surface area contributed by atoms with Crippen LogP contribution in [0.5, 0.6) is 5.75 Å². The highest BCUT2D eigenvalue weighted by atomic mass is 35.5. The van der Waals surface area contributed by atoms with E-state index < -0.39 is 16.9 Å². The van der Waals surface area contributed by atoms with Crippen molar-refractivity contribution in [2.24, 2.45) is 0 Å². The van der Waals surface area contributed by atoms with Crippen molar-refractivity contribution in [1.82, 2.24) is 10.3 Å². The summed E-state index contributed by atoms with van der Waals surface area (Å²) in [6.07, 6.45) is -2.82. The van der Waals surface area contributed by atoms with E-state index in [-0.39, 0.29) is 16.7 Å². The molecule has 0 spiro atoms. The van der Waals surface area contributed by atoms with Crippen LogP contribution in [0, 0.1) is 0 Å². The zero-order chi connectivity index (χ0) is 22.2. The molecule has 0 amide bonds. The van der Waals surface area contributed by atoms with Crippen LogP contribution in [0.2, 0.25) is 5.02 Å². The van der Waals surface area contributed by atoms with Crippen LogP contribution in [0.1, 0.15) is 58.4 Å². The summed E-state index contributed by atoms with van der Waals surface area (Å²) in [6, 6.07) is 4.70. The van der Waals surface area contributed by atoms with Crippen LogP contribution in [0.15, 0.2) is 24.4 Å². The van der Waals surface area contributed by atoms with Crippen LogP contribution in [-0.2, 0) is 18.0 Å². The van der Waals surface area contributed by atoms with Crippen LogP contribution in [0.3, 0.4) is 0 Å². The summed E-state index contributed by atoms with van der Waals surface area (Å²) in [6.45, 7) is 13.2. The lowest BCUT2D eigenvalue weighted by Gasteiger charge is -2.26. The predicted molar refractivity (Wildman–Crippen MR) is 112 cm³/mol. The Labute approximate surface area is 175 Å². The Hall–Kier alpha value is -1.79. The fourth-order valence-corrected chi connectivity index (χ4v) is 3.41. The largest absolute Gasteiger partial charge is 0.507 e. The predicted octanol–water partition coefficient (Wildman–Crippen LogP) is 6.35. The first-order valence-electron chi connectivity index (χ1n) is 9.44. The topological polar surface area (TPSA) is 45.1 Å². The van der Waals surface area contributed by atoms with Crippen molar-refractivity contribution < 1.29 is 18.3 Å². The maximum Gasteiger partial charge on any atom is 0.434 e. The van der Waals surface area contributed by atoms with Gasteiger partial charge in [0.2, 0.25) is 0 Å². The van der Waals surface area contributed by atoms with E-state index in [1.807, 2.05) is 6.07 Å². The number of halogens is 4. The monoisotopic (exact) mass is 428 g/mol. The van der Waals surface area contributed by atoms with Crippen LogP contribution >= 0.6 is 11.6 Å². The highest BCUT2D eigenvalue weighted by molar-refractivity contribution is 6.31. The molecule has 2 N–H and O–H groups in total. The Balaban J connectivity index is 2.48. The van der Waals surface area contributed by atoms with Crippen molar-refractivity contribution in [3.8, 4) is 16.9 Å². The number of hydrogen-bond acceptors (Lipinski definition) is 3. The van der Waals surface area contributed by atoms with Gasteiger partial charge in [0.05, 0.1) is 5.02 Å². The number of phenols is 1. The van der Waals surface area contributed by atoms with Crippen LogP contribution in [0.4, 0.5) is 13.2 Å². The average molecular weight is 429 g/mol. The standard InChI is InChI=1S/C22H28ClF3N2O/c1-20(2,3)16-11-15(14-9-17(23)19(27-12-14)22(24,25)26)18(29)10-13(16)7-8-28-21(4,5)6/h9-12,28-29H,7-8H2,1-6H3. The Morgan fingerprint density at radius 2 is 1.66 bits per heavy atom. The summed E-state index contributed by atoms with van der Waals surface area (Å²) in [4.78, 5) is 3.48. The summed E-state index contributed by atoms with van der Waals surface area (Å²) in [7, 11) is 0. The van der Waals surface area contributed by atoms with Crippen molar-refractivity contribution in [3.63, 3.8) is 0 Å². The molecule has 0 bridgehead atoms. The number of benzene rings is 1. The second-order valence-electron chi connectivity index (χ2n) is 9.26. The molecule has 2 rings (SSSR count). The van der Waals surface area contributed by atoms with E-state index in [2.05, 4.69) is 51.8 Å². The summed E-state index contributed by atoms with van der Waals surface area (Å²) >= 11 is 5.82. The number of pyridine rings is 1. The Bertz CT molecular complexity index is 881. The third-order valence-corrected chi connectivity index (χ3v) is 4.79. The molecule has 0 fully saturated rings. The highest BCUT2D eigenvalue weighted by Crippen LogP contribution is 2.40. The van der Waals surface area contributed by atoms with E-state index in [0.717, 1.165) is 23.9 Å². The molecule has 0 saturated carbocycles. The maximum absolute atomic E-state index is 12.9. The number of nitrogens with one attached hydrogen (secondary N) is 1. The lowest BCUT2D eigenvalue weighted by Crippen LogP contribution is -2.37. The smallest absolute Gasteiger partial charge is 0.434 e. The lowest BCUT2D eigenvalue weighted by atomic mass is 9.81. The second-order valence-corrected chi connectivity index (χ2v) is 9.66. The molecular formula is C22H28ClF3N2O. The minimum Gasteiger partial charge on any atom is -0.507 e. The van der Waals surface area contributed by atoms with Crippen molar-refractivity contribution in [2.45, 2.75) is 65.1 Å². The van der Waals surface area contributed by atoms with Gasteiger partial charge in [0.25, 0.3) is 0 Å². The summed E-state index contributed by atoms with van der Waals surface area (Å²) in [5.74, 6) is -0.0126. The Morgan fingerprint density at radius 1 is 1.03 bits per heavy atom. The first-order valence-corrected chi connectivity index (χ1v) is 9.82. The van der Waals surface area contributed by atoms with E-state index in [1.165, 1.54) is 6.07 Å². The van der Waals surface area contributed by atoms with Gasteiger partial charge in [-0.05, 0) is 68.5 Å². The van der Waals surface area contributed by atoms with Gasteiger partial charge in [0.15, 0.2) is 5.69 Å². The van der Waals surface area contributed by atoms with E-state index in [9.17, 15) is 18.3 Å². The van der Waals surface area contributed by atoms with Gasteiger partial charge in [-0.25, -0.2) is 4.98 Å². The fourth-order valence-electron chi connectivity index (χ4n) is 3.13. The van der Waals surface area contributed by atoms with Crippen molar-refractivity contribution in [2.75, 3.05) is 6.54 Å². The van der Waals surface area contributed by atoms with Gasteiger partial charge in [0, 0.05) is 22.9 Å². The molecule has 1 aromatic carbocycles. The molecule has 160 valence electrons. The number of rotatable bonds is 4. The lowest BCUT2D eigenvalue weighted by molar-refractivity contribution is -0.141. The molecule has 0 aliphatic rings. The van der Waals surface area contributed by atoms with Crippen LogP contribution in [-0.4, -0.2) is 22.2 Å². The summed E-state index contributed by atoms with van der Waals surface area (Å²) in [5, 5.41) is 13.5. The Morgan fingerprint density at radius 3 is 2.14 bits per heavy atom. The number of phenolic OH excluding ortho intramolecular Hbond substituents is 1. The van der Waals surface area contributed by atoms with Crippen molar-refractivity contribution >= 4 is 11.6 Å². The number of hydrogen-bond donors (Lipinski definition) is 2. The second kappa shape index (κ2) is 8.15. The van der Waals surface area contributed by atoms with Crippen LogP contribution in [0.25, 0.3) is 11.1 Å². The molecule has 1 aromatic heterocycles. The third-order valence-electron chi connectivity index (χ3n) is 4.50. The molecule has 29 heavy (non-hydrogen) atoms. The first kappa shape index (κ1) is 23.5. The Kier molecular flexibility index (Phi) is 6.60. The molecule has 0 aliphatic heterocycles. The molecule has 3 nitrogen and oxygen atoms in total. The summed E-state index contributed by atoms with van der Waals surface area (Å²) < 4.78 is 38.8. The van der Waals surface area contributed by atoms with Crippen molar-refractivity contribution in [3.05, 3.63) is 46.2 Å². The van der Waals surface area contributed by atoms with Gasteiger partial charge >= 0.3 is 6.18 Å². The molecule has 0 unspecified atom stereocenters. The zero-order valence-corrected chi connectivity index (χ0v) is 18.4. The van der Waals surface area contributed by atoms with Gasteiger partial charge in [-0.15, -0.1) is 0 Å². The maximum atomic E-state index is 12.9. The molecule has 0 saturated heterocycles. The van der Waals surface area contributed by atoms with Gasteiger partial charge in [-0.1, -0.05) is 32.4 Å². The molecule has 0 atom stereocenters. The number of aromatic nitrogens is 1. The van der Waals surface area contributed by atoms with Gasteiger partial charge in [-0.2, -0.15) is 13.2 Å². The molecule has 1 heterocycles. The molecule has 2 aromatic rings. The zero-order valence-electron chi connectivity index (χ0n) is 17.6. The summed E-state index contributed by atoms with van der Waals surface area (Å²) in [5.41, 5.74) is 1.37. The van der Waals surface area contributed by atoms with Gasteiger partial charge in [-0.3, -0.25) is 0 Å². The highest BCUT2D eigenvalue weighted by Gasteiger charge is 2.35. The first-order chi connectivity index (χ1) is 13.1. The van der Waals surface area contributed by atoms with E-state index >= 15 is 0 Å². The number of nitrogens with zero attached hydrogens (tertiary/aromatic N) is 1.